The quantitative estimate of drug-likeness (QED) is 0.575. The van der Waals surface area contributed by atoms with Crippen LogP contribution in [0.15, 0.2) is 41.8 Å². The van der Waals surface area contributed by atoms with Crippen LogP contribution in [0.5, 0.6) is 0 Å². The number of hydrogen-bond acceptors (Lipinski definition) is 6. The van der Waals surface area contributed by atoms with Gasteiger partial charge in [-0.3, -0.25) is 14.3 Å². The highest BCUT2D eigenvalue weighted by atomic mass is 32.2. The van der Waals surface area contributed by atoms with Gasteiger partial charge >= 0.3 is 0 Å². The van der Waals surface area contributed by atoms with E-state index < -0.39 is 9.84 Å². The van der Waals surface area contributed by atoms with Crippen LogP contribution in [0.2, 0.25) is 0 Å². The summed E-state index contributed by atoms with van der Waals surface area (Å²) in [5, 5.41) is 9.24. The highest BCUT2D eigenvalue weighted by Gasteiger charge is 2.31. The van der Waals surface area contributed by atoms with Crippen molar-refractivity contribution >= 4 is 38.7 Å². The molecule has 1 fully saturated rings. The Bertz CT molecular complexity index is 1300. The van der Waals surface area contributed by atoms with Crippen molar-refractivity contribution in [1.29, 1.82) is 0 Å². The van der Waals surface area contributed by atoms with E-state index in [-0.39, 0.29) is 29.4 Å². The van der Waals surface area contributed by atoms with Gasteiger partial charge < -0.3 is 10.2 Å². The molecule has 2 amide bonds. The van der Waals surface area contributed by atoms with E-state index in [0.717, 1.165) is 17.0 Å². The molecule has 2 aromatic heterocycles. The van der Waals surface area contributed by atoms with Crippen molar-refractivity contribution < 1.29 is 18.0 Å². The molecular formula is C23H26N4O4S2. The van der Waals surface area contributed by atoms with Crippen LogP contribution in [0, 0.1) is 13.8 Å². The van der Waals surface area contributed by atoms with E-state index >= 15 is 0 Å². The molecular weight excluding hydrogens is 460 g/mol. The van der Waals surface area contributed by atoms with Gasteiger partial charge in [-0.15, -0.1) is 11.3 Å². The molecule has 1 N–H and O–H groups in total. The fourth-order valence-electron chi connectivity index (χ4n) is 4.11. The summed E-state index contributed by atoms with van der Waals surface area (Å²) in [6, 6.07) is 10.3. The van der Waals surface area contributed by atoms with Crippen LogP contribution < -0.4 is 5.32 Å². The number of hydrogen-bond donors (Lipinski definition) is 1. The van der Waals surface area contributed by atoms with Crippen molar-refractivity contribution in [2.45, 2.75) is 32.9 Å². The fraction of sp³-hybridized carbons (Fsp3) is 0.348. The van der Waals surface area contributed by atoms with Crippen LogP contribution in [-0.4, -0.2) is 53.5 Å². The SMILES string of the molecule is Cc1nn([C@H]2CCS(=O)(=O)C2)c(C)c1CN(C)C(=O)c1cccc(NC(=O)c2cccs2)c1. The minimum absolute atomic E-state index is 0.104. The number of sulfone groups is 1. The number of aryl methyl sites for hydroxylation is 1. The fourth-order valence-corrected chi connectivity index (χ4v) is 6.42. The molecule has 0 radical (unpaired) electrons. The van der Waals surface area contributed by atoms with Crippen molar-refractivity contribution in [2.75, 3.05) is 23.9 Å². The number of nitrogens with zero attached hydrogens (tertiary/aromatic N) is 3. The first-order chi connectivity index (χ1) is 15.6. The lowest BCUT2D eigenvalue weighted by Crippen LogP contribution is -2.27. The average molecular weight is 487 g/mol. The van der Waals surface area contributed by atoms with Crippen molar-refractivity contribution in [3.05, 3.63) is 69.2 Å². The summed E-state index contributed by atoms with van der Waals surface area (Å²) in [6.45, 7) is 4.14. The Balaban J connectivity index is 1.48. The molecule has 174 valence electrons. The third kappa shape index (κ3) is 5.01. The third-order valence-corrected chi connectivity index (χ3v) is 8.50. The first-order valence-corrected chi connectivity index (χ1v) is 13.3. The van der Waals surface area contributed by atoms with Gasteiger partial charge in [-0.1, -0.05) is 12.1 Å². The zero-order chi connectivity index (χ0) is 23.8. The lowest BCUT2D eigenvalue weighted by atomic mass is 10.1. The number of carbonyl (C=O) groups excluding carboxylic acids is 2. The van der Waals surface area contributed by atoms with Crippen molar-refractivity contribution in [3.63, 3.8) is 0 Å². The van der Waals surface area contributed by atoms with Gasteiger partial charge in [-0.25, -0.2) is 8.42 Å². The van der Waals surface area contributed by atoms with Crippen molar-refractivity contribution in [3.8, 4) is 0 Å². The predicted molar refractivity (Wildman–Crippen MR) is 129 cm³/mol. The third-order valence-electron chi connectivity index (χ3n) is 5.88. The van der Waals surface area contributed by atoms with Gasteiger partial charge in [0.25, 0.3) is 11.8 Å². The molecule has 10 heteroatoms. The number of nitrogens with one attached hydrogen (secondary N) is 1. The molecule has 3 aromatic rings. The molecule has 0 spiro atoms. The van der Waals surface area contributed by atoms with E-state index in [1.807, 2.05) is 25.3 Å². The van der Waals surface area contributed by atoms with E-state index in [9.17, 15) is 18.0 Å². The first-order valence-electron chi connectivity index (χ1n) is 10.6. The van der Waals surface area contributed by atoms with Crippen LogP contribution in [0.3, 0.4) is 0 Å². The first kappa shape index (κ1) is 23.2. The number of amides is 2. The molecule has 3 heterocycles. The van der Waals surface area contributed by atoms with Gasteiger partial charge in [0, 0.05) is 36.1 Å². The second kappa shape index (κ2) is 9.11. The second-order valence-corrected chi connectivity index (χ2v) is 11.5. The number of carbonyl (C=O) groups is 2. The monoisotopic (exact) mass is 486 g/mol. The topological polar surface area (TPSA) is 101 Å². The standard InChI is InChI=1S/C23H26N4O4S2/c1-15-20(16(2)27(25-15)19-9-11-33(30,31)14-19)13-26(3)23(29)17-6-4-7-18(12-17)24-22(28)21-8-5-10-32-21/h4-8,10,12,19H,9,11,13-14H2,1-3H3,(H,24,28)/t19-/m0/s1. The Morgan fingerprint density at radius 2 is 2.03 bits per heavy atom. The molecule has 1 atom stereocenters. The maximum absolute atomic E-state index is 13.1. The van der Waals surface area contributed by atoms with E-state index in [1.165, 1.54) is 11.3 Å². The number of aromatic nitrogens is 2. The maximum Gasteiger partial charge on any atom is 0.265 e. The Labute approximate surface area is 197 Å². The summed E-state index contributed by atoms with van der Waals surface area (Å²) >= 11 is 1.35. The summed E-state index contributed by atoms with van der Waals surface area (Å²) in [5.74, 6) is -0.108. The van der Waals surface area contributed by atoms with Gasteiger partial charge in [0.05, 0.1) is 28.1 Å². The van der Waals surface area contributed by atoms with Crippen LogP contribution in [0.4, 0.5) is 5.69 Å². The van der Waals surface area contributed by atoms with E-state index in [1.54, 1.807) is 47.0 Å². The zero-order valence-corrected chi connectivity index (χ0v) is 20.4. The number of rotatable bonds is 6. The number of thiophene rings is 1. The highest BCUT2D eigenvalue weighted by molar-refractivity contribution is 7.91. The van der Waals surface area contributed by atoms with Crippen molar-refractivity contribution in [1.82, 2.24) is 14.7 Å². The molecule has 1 aromatic carbocycles. The van der Waals surface area contributed by atoms with Gasteiger partial charge in [0.15, 0.2) is 9.84 Å². The molecule has 33 heavy (non-hydrogen) atoms. The zero-order valence-electron chi connectivity index (χ0n) is 18.7. The molecule has 0 saturated carbocycles. The largest absolute Gasteiger partial charge is 0.337 e. The van der Waals surface area contributed by atoms with E-state index in [4.69, 9.17) is 0 Å². The molecule has 1 aliphatic heterocycles. The molecule has 1 saturated heterocycles. The second-order valence-electron chi connectivity index (χ2n) is 8.32. The summed E-state index contributed by atoms with van der Waals surface area (Å²) in [7, 11) is -1.30. The summed E-state index contributed by atoms with van der Waals surface area (Å²) < 4.78 is 25.6. The van der Waals surface area contributed by atoms with Crippen LogP contribution >= 0.6 is 11.3 Å². The highest BCUT2D eigenvalue weighted by Crippen LogP contribution is 2.27. The smallest absolute Gasteiger partial charge is 0.265 e. The summed E-state index contributed by atoms with van der Waals surface area (Å²) in [4.78, 5) is 27.6. The van der Waals surface area contributed by atoms with Gasteiger partial charge in [0.1, 0.15) is 0 Å². The van der Waals surface area contributed by atoms with Crippen molar-refractivity contribution in [2.24, 2.45) is 0 Å². The minimum atomic E-state index is -3.02. The molecule has 0 bridgehead atoms. The summed E-state index contributed by atoms with van der Waals surface area (Å²) in [5.41, 5.74) is 3.60. The van der Waals surface area contributed by atoms with Crippen LogP contribution in [-0.2, 0) is 16.4 Å². The van der Waals surface area contributed by atoms with Gasteiger partial charge in [-0.2, -0.15) is 5.10 Å². The summed E-state index contributed by atoms with van der Waals surface area (Å²) in [6.07, 6.45) is 0.558. The Kier molecular flexibility index (Phi) is 6.40. The molecule has 8 nitrogen and oxygen atoms in total. The normalized spacial score (nSPS) is 17.1. The molecule has 4 rings (SSSR count). The van der Waals surface area contributed by atoms with E-state index in [2.05, 4.69) is 10.4 Å². The van der Waals surface area contributed by atoms with Crippen LogP contribution in [0.25, 0.3) is 0 Å². The van der Waals surface area contributed by atoms with E-state index in [0.29, 0.717) is 29.1 Å². The minimum Gasteiger partial charge on any atom is -0.337 e. The van der Waals surface area contributed by atoms with Gasteiger partial charge in [-0.05, 0) is 49.9 Å². The number of benzene rings is 1. The predicted octanol–water partition coefficient (Wildman–Crippen LogP) is 3.45. The molecule has 1 aliphatic rings. The van der Waals surface area contributed by atoms with Crippen LogP contribution in [0.1, 0.15) is 49.4 Å². The molecule has 0 unspecified atom stereocenters. The number of anilines is 1. The van der Waals surface area contributed by atoms with Gasteiger partial charge in [0.2, 0.25) is 0 Å². The lowest BCUT2D eigenvalue weighted by molar-refractivity contribution is 0.0784. The lowest BCUT2D eigenvalue weighted by Gasteiger charge is -2.19. The molecule has 0 aliphatic carbocycles. The maximum atomic E-state index is 13.1. The average Bonchev–Trinajstić information content (AvgIpc) is 3.49. The Morgan fingerprint density at radius 1 is 1.24 bits per heavy atom. The Morgan fingerprint density at radius 3 is 2.70 bits per heavy atom. The Hall–Kier alpha value is -2.98.